The summed E-state index contributed by atoms with van der Waals surface area (Å²) in [5.74, 6) is 1.29. The highest BCUT2D eigenvalue weighted by Crippen LogP contribution is 2.28. The lowest BCUT2D eigenvalue weighted by atomic mass is 9.94. The van der Waals surface area contributed by atoms with Gasteiger partial charge in [-0.1, -0.05) is 24.3 Å². The van der Waals surface area contributed by atoms with E-state index in [4.69, 9.17) is 0 Å². The summed E-state index contributed by atoms with van der Waals surface area (Å²) in [6, 6.07) is 8.67. The van der Waals surface area contributed by atoms with Crippen LogP contribution in [-0.2, 0) is 11.2 Å². The highest BCUT2D eigenvalue weighted by atomic mass is 16.1. The first-order valence-electron chi connectivity index (χ1n) is 10.7. The number of aryl methyl sites for hydroxylation is 3. The Morgan fingerprint density at radius 2 is 2.07 bits per heavy atom. The lowest BCUT2D eigenvalue weighted by Gasteiger charge is -2.17. The summed E-state index contributed by atoms with van der Waals surface area (Å²) >= 11 is 0. The second kappa shape index (κ2) is 8.92. The Kier molecular flexibility index (Phi) is 6.08. The summed E-state index contributed by atoms with van der Waals surface area (Å²) in [4.78, 5) is 23.4. The molecule has 0 bridgehead atoms. The molecule has 4 rings (SSSR count). The van der Waals surface area contributed by atoms with Gasteiger partial charge >= 0.3 is 0 Å². The van der Waals surface area contributed by atoms with Crippen molar-refractivity contribution in [3.8, 4) is 0 Å². The molecule has 0 saturated carbocycles. The van der Waals surface area contributed by atoms with Crippen molar-refractivity contribution in [2.75, 3.05) is 26.2 Å². The number of rotatable bonds is 7. The van der Waals surface area contributed by atoms with Crippen LogP contribution in [0.25, 0.3) is 5.78 Å². The van der Waals surface area contributed by atoms with E-state index in [1.165, 1.54) is 23.9 Å². The van der Waals surface area contributed by atoms with Gasteiger partial charge in [0.1, 0.15) is 6.33 Å². The molecule has 1 fully saturated rings. The van der Waals surface area contributed by atoms with Crippen LogP contribution in [0.4, 0.5) is 0 Å². The summed E-state index contributed by atoms with van der Waals surface area (Å²) in [5, 5.41) is 7.29. The molecular formula is C23H30N6O. The van der Waals surface area contributed by atoms with E-state index in [1.807, 2.05) is 13.8 Å². The molecule has 1 amide bonds. The first-order chi connectivity index (χ1) is 14.5. The van der Waals surface area contributed by atoms with E-state index < -0.39 is 0 Å². The average molecular weight is 407 g/mol. The molecule has 0 unspecified atom stereocenters. The van der Waals surface area contributed by atoms with Crippen molar-refractivity contribution in [1.29, 1.82) is 0 Å². The van der Waals surface area contributed by atoms with Gasteiger partial charge in [-0.05, 0) is 62.8 Å². The summed E-state index contributed by atoms with van der Waals surface area (Å²) < 4.78 is 1.73. The van der Waals surface area contributed by atoms with Gasteiger partial charge in [-0.15, -0.1) is 0 Å². The fourth-order valence-electron chi connectivity index (χ4n) is 4.53. The van der Waals surface area contributed by atoms with Crippen molar-refractivity contribution in [3.63, 3.8) is 0 Å². The molecule has 1 aliphatic heterocycles. The topological polar surface area (TPSA) is 75.4 Å². The van der Waals surface area contributed by atoms with Crippen LogP contribution < -0.4 is 5.32 Å². The number of hydrogen-bond donors (Lipinski definition) is 1. The van der Waals surface area contributed by atoms with Crippen LogP contribution >= 0.6 is 0 Å². The second-order valence-corrected chi connectivity index (χ2v) is 8.23. The zero-order valence-corrected chi connectivity index (χ0v) is 18.1. The zero-order chi connectivity index (χ0) is 21.1. The molecule has 158 valence electrons. The van der Waals surface area contributed by atoms with E-state index in [1.54, 1.807) is 4.52 Å². The molecule has 7 heteroatoms. The average Bonchev–Trinajstić information content (AvgIpc) is 3.38. The maximum atomic E-state index is 12.4. The van der Waals surface area contributed by atoms with Gasteiger partial charge in [0.2, 0.25) is 5.91 Å². The van der Waals surface area contributed by atoms with Crippen LogP contribution in [-0.4, -0.2) is 56.6 Å². The lowest BCUT2D eigenvalue weighted by molar-refractivity contribution is -0.121. The Morgan fingerprint density at radius 3 is 2.90 bits per heavy atom. The lowest BCUT2D eigenvalue weighted by Crippen LogP contribution is -2.34. The van der Waals surface area contributed by atoms with Gasteiger partial charge in [0.25, 0.3) is 5.78 Å². The molecule has 0 aliphatic carbocycles. The number of benzene rings is 1. The third-order valence-electron chi connectivity index (χ3n) is 6.24. The van der Waals surface area contributed by atoms with E-state index in [0.29, 0.717) is 31.1 Å². The molecule has 1 saturated heterocycles. The minimum Gasteiger partial charge on any atom is -0.355 e. The first-order valence-corrected chi connectivity index (χ1v) is 10.7. The Morgan fingerprint density at radius 1 is 1.23 bits per heavy atom. The smallest absolute Gasteiger partial charge is 0.252 e. The fourth-order valence-corrected chi connectivity index (χ4v) is 4.53. The number of aromatic nitrogens is 4. The maximum absolute atomic E-state index is 12.4. The summed E-state index contributed by atoms with van der Waals surface area (Å²) in [6.07, 6.45) is 3.81. The first kappa shape index (κ1) is 20.5. The molecule has 1 aliphatic rings. The number of amides is 1. The predicted molar refractivity (Wildman–Crippen MR) is 117 cm³/mol. The molecule has 0 spiro atoms. The predicted octanol–water partition coefficient (Wildman–Crippen LogP) is 2.59. The molecule has 1 atom stereocenters. The highest BCUT2D eigenvalue weighted by molar-refractivity contribution is 5.76. The molecule has 3 aromatic rings. The standard InChI is InChI=1S/C23H30N6O/c1-16-6-4-5-7-20(16)19-10-12-28(14-19)13-11-24-22(30)9-8-21-17(2)27-23-25-15-26-29(23)18(21)3/h4-7,15,19H,8-14H2,1-3H3,(H,24,30)/t19-/m0/s1. The van der Waals surface area contributed by atoms with Crippen LogP contribution in [0.3, 0.4) is 0 Å². The Balaban J connectivity index is 1.23. The molecule has 0 radical (unpaired) electrons. The molecule has 1 N–H and O–H groups in total. The van der Waals surface area contributed by atoms with Crippen molar-refractivity contribution in [2.24, 2.45) is 0 Å². The van der Waals surface area contributed by atoms with Gasteiger partial charge in [0.05, 0.1) is 0 Å². The summed E-state index contributed by atoms with van der Waals surface area (Å²) in [6.45, 7) is 9.92. The van der Waals surface area contributed by atoms with Crippen LogP contribution in [0.2, 0.25) is 0 Å². The van der Waals surface area contributed by atoms with Gasteiger partial charge in [-0.25, -0.2) is 9.50 Å². The number of likely N-dealkylation sites (tertiary alicyclic amines) is 1. The van der Waals surface area contributed by atoms with Gasteiger partial charge in [0, 0.05) is 37.4 Å². The molecule has 1 aromatic carbocycles. The third kappa shape index (κ3) is 4.36. The van der Waals surface area contributed by atoms with Crippen molar-refractivity contribution in [2.45, 2.75) is 46.0 Å². The number of nitrogens with zero attached hydrogens (tertiary/aromatic N) is 5. The van der Waals surface area contributed by atoms with Crippen LogP contribution in [0, 0.1) is 20.8 Å². The largest absolute Gasteiger partial charge is 0.355 e. The quantitative estimate of drug-likeness (QED) is 0.653. The molecule has 30 heavy (non-hydrogen) atoms. The van der Waals surface area contributed by atoms with E-state index in [9.17, 15) is 4.79 Å². The van der Waals surface area contributed by atoms with Gasteiger partial charge in [-0.2, -0.15) is 10.1 Å². The molecule has 7 nitrogen and oxygen atoms in total. The van der Waals surface area contributed by atoms with Crippen LogP contribution in [0.5, 0.6) is 0 Å². The van der Waals surface area contributed by atoms with Gasteiger partial charge in [0.15, 0.2) is 0 Å². The molecule has 3 heterocycles. The van der Waals surface area contributed by atoms with Crippen molar-refractivity contribution >= 4 is 11.7 Å². The molecular weight excluding hydrogens is 376 g/mol. The Hall–Kier alpha value is -2.80. The van der Waals surface area contributed by atoms with E-state index >= 15 is 0 Å². The Bertz CT molecular complexity index is 1040. The van der Waals surface area contributed by atoms with Gasteiger partial charge < -0.3 is 10.2 Å². The van der Waals surface area contributed by atoms with Gasteiger partial charge in [-0.3, -0.25) is 4.79 Å². The second-order valence-electron chi connectivity index (χ2n) is 8.23. The normalized spacial score (nSPS) is 17.0. The maximum Gasteiger partial charge on any atom is 0.252 e. The number of nitrogens with one attached hydrogen (secondary N) is 1. The number of carbonyl (C=O) groups is 1. The Labute approximate surface area is 177 Å². The van der Waals surface area contributed by atoms with E-state index in [-0.39, 0.29) is 5.91 Å². The summed E-state index contributed by atoms with van der Waals surface area (Å²) in [5.41, 5.74) is 5.83. The summed E-state index contributed by atoms with van der Waals surface area (Å²) in [7, 11) is 0. The van der Waals surface area contributed by atoms with Crippen LogP contribution in [0.1, 0.15) is 46.8 Å². The van der Waals surface area contributed by atoms with Crippen molar-refractivity contribution < 1.29 is 4.79 Å². The van der Waals surface area contributed by atoms with Crippen molar-refractivity contribution in [1.82, 2.24) is 29.8 Å². The number of carbonyl (C=O) groups excluding carboxylic acids is 1. The van der Waals surface area contributed by atoms with Crippen LogP contribution in [0.15, 0.2) is 30.6 Å². The highest BCUT2D eigenvalue weighted by Gasteiger charge is 2.24. The molecule has 2 aromatic heterocycles. The minimum atomic E-state index is 0.0853. The monoisotopic (exact) mass is 406 g/mol. The van der Waals surface area contributed by atoms with E-state index in [2.05, 4.69) is 56.5 Å². The fraction of sp³-hybridized carbons (Fsp3) is 0.478. The number of hydrogen-bond acceptors (Lipinski definition) is 5. The van der Waals surface area contributed by atoms with E-state index in [0.717, 1.165) is 36.6 Å². The zero-order valence-electron chi connectivity index (χ0n) is 18.1. The van der Waals surface area contributed by atoms with Crippen molar-refractivity contribution in [3.05, 3.63) is 58.7 Å². The third-order valence-corrected chi connectivity index (χ3v) is 6.24. The SMILES string of the molecule is Cc1ccccc1[C@H]1CCN(CCNC(=O)CCc2c(C)nc3ncnn3c2C)C1. The minimum absolute atomic E-state index is 0.0853. The number of fused-ring (bicyclic) bond motifs is 1.